The van der Waals surface area contributed by atoms with E-state index >= 15 is 0 Å². The second kappa shape index (κ2) is 7.77. The van der Waals surface area contributed by atoms with Gasteiger partial charge in [0.05, 0.1) is 25.3 Å². The molecule has 29 heavy (non-hydrogen) atoms. The maximum absolute atomic E-state index is 13.1. The topological polar surface area (TPSA) is 92.0 Å². The molecule has 8 heteroatoms. The molecule has 3 aromatic heterocycles. The van der Waals surface area contributed by atoms with E-state index in [1.807, 2.05) is 10.6 Å². The van der Waals surface area contributed by atoms with Crippen LogP contribution in [0.2, 0.25) is 0 Å². The quantitative estimate of drug-likeness (QED) is 0.632. The molecule has 1 atom stereocenters. The van der Waals surface area contributed by atoms with Gasteiger partial charge in [0, 0.05) is 18.4 Å². The van der Waals surface area contributed by atoms with E-state index in [-0.39, 0.29) is 17.6 Å². The van der Waals surface area contributed by atoms with Crippen LogP contribution in [0.15, 0.2) is 23.3 Å². The molecule has 0 aliphatic heterocycles. The van der Waals surface area contributed by atoms with Crippen molar-refractivity contribution in [3.05, 3.63) is 34.5 Å². The lowest BCUT2D eigenvalue weighted by molar-refractivity contribution is 0.203. The molecular weight excluding hydrogens is 370 g/mol. The van der Waals surface area contributed by atoms with Crippen LogP contribution in [0.4, 0.5) is 0 Å². The summed E-state index contributed by atoms with van der Waals surface area (Å²) in [6.07, 6.45) is 7.75. The van der Waals surface area contributed by atoms with Crippen molar-refractivity contribution in [2.75, 3.05) is 14.2 Å². The molecule has 0 N–H and O–H groups in total. The molecule has 1 aliphatic carbocycles. The zero-order valence-corrected chi connectivity index (χ0v) is 17.2. The summed E-state index contributed by atoms with van der Waals surface area (Å²) in [4.78, 5) is 30.7. The van der Waals surface area contributed by atoms with Crippen LogP contribution in [-0.4, -0.2) is 38.7 Å². The Kier molecular flexibility index (Phi) is 5.17. The van der Waals surface area contributed by atoms with Crippen LogP contribution >= 0.6 is 0 Å². The Balaban J connectivity index is 1.98. The summed E-state index contributed by atoms with van der Waals surface area (Å²) in [6, 6.07) is 2.23. The number of hydrogen-bond acceptors (Lipinski definition) is 7. The zero-order chi connectivity index (χ0) is 20.5. The average Bonchev–Trinajstić information content (AvgIpc) is 2.71. The van der Waals surface area contributed by atoms with Gasteiger partial charge < -0.3 is 14.0 Å². The van der Waals surface area contributed by atoms with E-state index in [1.54, 1.807) is 19.3 Å². The zero-order valence-electron chi connectivity index (χ0n) is 17.2. The Morgan fingerprint density at radius 1 is 1.21 bits per heavy atom. The lowest BCUT2D eigenvalue weighted by Gasteiger charge is -2.35. The van der Waals surface area contributed by atoms with Gasteiger partial charge in [0.2, 0.25) is 5.88 Å². The minimum Gasteiger partial charge on any atom is -0.480 e. The predicted molar refractivity (Wildman–Crippen MR) is 109 cm³/mol. The number of hydrogen-bond donors (Lipinski definition) is 0. The molecule has 1 aliphatic rings. The van der Waals surface area contributed by atoms with Crippen molar-refractivity contribution in [3.63, 3.8) is 0 Å². The van der Waals surface area contributed by atoms with Crippen LogP contribution < -0.4 is 15.0 Å². The van der Waals surface area contributed by atoms with Crippen molar-refractivity contribution in [1.29, 1.82) is 0 Å². The highest BCUT2D eigenvalue weighted by molar-refractivity contribution is 5.90. The molecule has 3 aromatic rings. The normalized spacial score (nSPS) is 15.2. The van der Waals surface area contributed by atoms with Crippen molar-refractivity contribution < 1.29 is 9.47 Å². The first kappa shape index (κ1) is 19.3. The fourth-order valence-corrected chi connectivity index (χ4v) is 4.09. The van der Waals surface area contributed by atoms with E-state index in [4.69, 9.17) is 9.47 Å². The molecule has 0 amide bonds. The van der Waals surface area contributed by atoms with E-state index in [1.165, 1.54) is 20.6 Å². The average molecular weight is 395 g/mol. The van der Waals surface area contributed by atoms with Crippen LogP contribution in [0.1, 0.15) is 44.3 Å². The predicted octanol–water partition coefficient (Wildman–Crippen LogP) is 3.33. The van der Waals surface area contributed by atoms with Crippen molar-refractivity contribution in [3.8, 4) is 23.1 Å². The molecule has 0 aromatic carbocycles. The van der Waals surface area contributed by atoms with E-state index in [9.17, 15) is 4.79 Å². The Morgan fingerprint density at radius 2 is 2.00 bits per heavy atom. The lowest BCUT2D eigenvalue weighted by Crippen LogP contribution is -2.34. The number of pyridine rings is 1. The smallest absolute Gasteiger partial charge is 0.319 e. The van der Waals surface area contributed by atoms with Crippen molar-refractivity contribution >= 4 is 11.0 Å². The molecule has 4 rings (SSSR count). The van der Waals surface area contributed by atoms with E-state index in [2.05, 4.69) is 26.9 Å². The van der Waals surface area contributed by atoms with Crippen LogP contribution in [0.5, 0.6) is 11.9 Å². The van der Waals surface area contributed by atoms with Gasteiger partial charge in [-0.05, 0) is 38.2 Å². The summed E-state index contributed by atoms with van der Waals surface area (Å²) in [5, 5.41) is 0. The third kappa shape index (κ3) is 3.22. The Labute approximate surface area is 169 Å². The summed E-state index contributed by atoms with van der Waals surface area (Å²) in [5.41, 5.74) is 3.04. The standard InChI is InChI=1S/C21H25N5O3/c1-5-15(13-7-6-8-13)26-16-9-10-22-17(18(16)24-12(2)20(26)27)14-11-23-21(29-4)25-19(14)28-3/h9-11,13,15H,5-8H2,1-4H3/t15-/m0/s1. The SMILES string of the molecule is CC[C@@H](C1CCC1)n1c(=O)c(C)nc2c(-c3cnc(OC)nc3OC)nccc21. The van der Waals surface area contributed by atoms with Crippen LogP contribution in [0.3, 0.4) is 0 Å². The number of ether oxygens (including phenoxy) is 2. The van der Waals surface area contributed by atoms with Crippen molar-refractivity contribution in [1.82, 2.24) is 24.5 Å². The number of fused-ring (bicyclic) bond motifs is 1. The molecule has 8 nitrogen and oxygen atoms in total. The second-order valence-corrected chi connectivity index (χ2v) is 7.35. The Bertz CT molecular complexity index is 1110. The number of aryl methyl sites for hydroxylation is 1. The van der Waals surface area contributed by atoms with Gasteiger partial charge in [-0.2, -0.15) is 4.98 Å². The second-order valence-electron chi connectivity index (χ2n) is 7.35. The maximum atomic E-state index is 13.1. The molecule has 3 heterocycles. The third-order valence-corrected chi connectivity index (χ3v) is 5.78. The molecule has 0 unspecified atom stereocenters. The number of aromatic nitrogens is 5. The first-order chi connectivity index (χ1) is 14.1. The summed E-state index contributed by atoms with van der Waals surface area (Å²) in [7, 11) is 3.04. The summed E-state index contributed by atoms with van der Waals surface area (Å²) >= 11 is 0. The molecule has 152 valence electrons. The molecule has 0 saturated heterocycles. The summed E-state index contributed by atoms with van der Waals surface area (Å²) < 4.78 is 12.5. The van der Waals surface area contributed by atoms with E-state index in [0.717, 1.165) is 24.8 Å². The third-order valence-electron chi connectivity index (χ3n) is 5.78. The molecular formula is C21H25N5O3. The van der Waals surface area contributed by atoms with Gasteiger partial charge in [-0.3, -0.25) is 9.78 Å². The van der Waals surface area contributed by atoms with E-state index in [0.29, 0.717) is 34.3 Å². The van der Waals surface area contributed by atoms with Gasteiger partial charge in [-0.1, -0.05) is 13.3 Å². The molecule has 1 fully saturated rings. The van der Waals surface area contributed by atoms with E-state index < -0.39 is 0 Å². The highest BCUT2D eigenvalue weighted by Crippen LogP contribution is 2.39. The van der Waals surface area contributed by atoms with Crippen molar-refractivity contribution in [2.24, 2.45) is 5.92 Å². The van der Waals surface area contributed by atoms with Crippen LogP contribution in [0.25, 0.3) is 22.3 Å². The van der Waals surface area contributed by atoms with Gasteiger partial charge in [-0.15, -0.1) is 0 Å². The maximum Gasteiger partial charge on any atom is 0.319 e. The largest absolute Gasteiger partial charge is 0.480 e. The minimum absolute atomic E-state index is 0.0358. The van der Waals surface area contributed by atoms with Crippen molar-refractivity contribution in [2.45, 2.75) is 45.6 Å². The molecule has 1 saturated carbocycles. The van der Waals surface area contributed by atoms with Gasteiger partial charge in [0.1, 0.15) is 16.9 Å². The van der Waals surface area contributed by atoms with Gasteiger partial charge >= 0.3 is 6.01 Å². The Hall–Kier alpha value is -3.03. The molecule has 0 radical (unpaired) electrons. The van der Waals surface area contributed by atoms with Gasteiger partial charge in [-0.25, -0.2) is 9.97 Å². The molecule has 0 spiro atoms. The number of nitrogens with zero attached hydrogens (tertiary/aromatic N) is 5. The van der Waals surface area contributed by atoms with Crippen LogP contribution in [0, 0.1) is 12.8 Å². The summed E-state index contributed by atoms with van der Waals surface area (Å²) in [5.74, 6) is 0.873. The highest BCUT2D eigenvalue weighted by atomic mass is 16.5. The summed E-state index contributed by atoms with van der Waals surface area (Å²) in [6.45, 7) is 3.89. The fraction of sp³-hybridized carbons (Fsp3) is 0.476. The van der Waals surface area contributed by atoms with Gasteiger partial charge in [0.25, 0.3) is 5.56 Å². The molecule has 0 bridgehead atoms. The minimum atomic E-state index is -0.0358. The van der Waals surface area contributed by atoms with Gasteiger partial charge in [0.15, 0.2) is 0 Å². The first-order valence-corrected chi connectivity index (χ1v) is 9.92. The van der Waals surface area contributed by atoms with Crippen LogP contribution in [-0.2, 0) is 0 Å². The Morgan fingerprint density at radius 3 is 2.62 bits per heavy atom. The number of rotatable bonds is 6. The lowest BCUT2D eigenvalue weighted by atomic mass is 9.78. The first-order valence-electron chi connectivity index (χ1n) is 9.92. The number of methoxy groups -OCH3 is 2. The monoisotopic (exact) mass is 395 g/mol. The highest BCUT2D eigenvalue weighted by Gasteiger charge is 2.30. The fourth-order valence-electron chi connectivity index (χ4n) is 4.09.